The number of aliphatic carboxylic acids is 1. The Balaban J connectivity index is 2.12. The van der Waals surface area contributed by atoms with E-state index in [4.69, 9.17) is 9.94 Å². The molecule has 0 spiro atoms. The van der Waals surface area contributed by atoms with Crippen molar-refractivity contribution in [2.24, 2.45) is 0 Å². The number of carbonyl (C=O) groups is 2. The van der Waals surface area contributed by atoms with E-state index in [2.05, 4.69) is 5.32 Å². The summed E-state index contributed by atoms with van der Waals surface area (Å²) in [6.07, 6.45) is 2.50. The summed E-state index contributed by atoms with van der Waals surface area (Å²) in [7, 11) is 0. The minimum Gasteiger partial charge on any atom is -0.506 e. The highest BCUT2D eigenvalue weighted by Gasteiger charge is 2.26. The van der Waals surface area contributed by atoms with Crippen LogP contribution in [0.3, 0.4) is 0 Å². The van der Waals surface area contributed by atoms with Crippen LogP contribution in [-0.4, -0.2) is 39.5 Å². The number of aromatic nitrogens is 1. The van der Waals surface area contributed by atoms with Gasteiger partial charge in [0.1, 0.15) is 18.4 Å². The van der Waals surface area contributed by atoms with Crippen LogP contribution in [0.4, 0.5) is 0 Å². The monoisotopic (exact) mass is 332 g/mol. The second-order valence-electron chi connectivity index (χ2n) is 5.58. The number of carboxylic acids is 1. The number of benzene rings is 1. The van der Waals surface area contributed by atoms with Gasteiger partial charge in [-0.3, -0.25) is 14.4 Å². The van der Waals surface area contributed by atoms with Crippen LogP contribution >= 0.6 is 0 Å². The normalized spacial score (nSPS) is 14.2. The van der Waals surface area contributed by atoms with Gasteiger partial charge in [-0.25, -0.2) is 0 Å². The fourth-order valence-electron chi connectivity index (χ4n) is 2.48. The van der Waals surface area contributed by atoms with Gasteiger partial charge >= 0.3 is 5.97 Å². The minimum atomic E-state index is -1.25. The van der Waals surface area contributed by atoms with Crippen LogP contribution in [0.5, 0.6) is 5.75 Å². The molecule has 0 saturated heterocycles. The fourth-order valence-corrected chi connectivity index (χ4v) is 2.48. The van der Waals surface area contributed by atoms with E-state index in [1.165, 1.54) is 0 Å². The first-order valence-electron chi connectivity index (χ1n) is 7.53. The van der Waals surface area contributed by atoms with Crippen molar-refractivity contribution in [2.75, 3.05) is 6.54 Å². The molecule has 8 heteroatoms. The molecule has 1 heterocycles. The Morgan fingerprint density at radius 3 is 2.62 bits per heavy atom. The Morgan fingerprint density at radius 1 is 1.29 bits per heavy atom. The molecule has 1 fully saturated rings. The summed E-state index contributed by atoms with van der Waals surface area (Å²) >= 11 is 0. The molecule has 0 radical (unpaired) electrons. The van der Waals surface area contributed by atoms with E-state index in [1.807, 2.05) is 0 Å². The second-order valence-corrected chi connectivity index (χ2v) is 5.58. The number of hydrogen-bond acceptors (Lipinski definition) is 5. The highest BCUT2D eigenvalue weighted by molar-refractivity contribution is 6.02. The zero-order valence-corrected chi connectivity index (χ0v) is 12.7. The third-order valence-electron chi connectivity index (χ3n) is 3.95. The van der Waals surface area contributed by atoms with Crippen LogP contribution in [-0.2, 0) is 4.79 Å². The minimum absolute atomic E-state index is 0.120. The molecule has 0 bridgehead atoms. The molecule has 126 valence electrons. The Kier molecular flexibility index (Phi) is 4.11. The Labute approximate surface area is 136 Å². The number of amides is 1. The number of carbonyl (C=O) groups excluding carboxylic acids is 1. The molecule has 8 nitrogen and oxygen atoms in total. The zero-order chi connectivity index (χ0) is 17.3. The number of fused-ring (bicyclic) bond motifs is 1. The first kappa shape index (κ1) is 15.9. The van der Waals surface area contributed by atoms with Gasteiger partial charge in [0, 0.05) is 5.39 Å². The molecule has 1 saturated carbocycles. The maximum atomic E-state index is 12.6. The Morgan fingerprint density at radius 2 is 2.00 bits per heavy atom. The van der Waals surface area contributed by atoms with E-state index in [-0.39, 0.29) is 11.5 Å². The number of nitrogens with one attached hydrogen (secondary N) is 1. The van der Waals surface area contributed by atoms with Crippen LogP contribution in [0.15, 0.2) is 29.1 Å². The van der Waals surface area contributed by atoms with Gasteiger partial charge in [-0.2, -0.15) is 0 Å². The lowest BCUT2D eigenvalue weighted by atomic mass is 9.97. The first-order chi connectivity index (χ1) is 11.5. The second kappa shape index (κ2) is 6.23. The first-order valence-corrected chi connectivity index (χ1v) is 7.53. The SMILES string of the molecule is O=C(O)CNC(=O)c1c(O)c2ccccc2n(OC2CCC2)c1=O. The lowest BCUT2D eigenvalue weighted by Crippen LogP contribution is -2.41. The average Bonchev–Trinajstić information content (AvgIpc) is 2.51. The van der Waals surface area contributed by atoms with Crippen molar-refractivity contribution in [3.05, 3.63) is 40.2 Å². The quantitative estimate of drug-likeness (QED) is 0.734. The van der Waals surface area contributed by atoms with Gasteiger partial charge in [-0.15, -0.1) is 4.73 Å². The molecule has 3 rings (SSSR count). The van der Waals surface area contributed by atoms with Crippen molar-refractivity contribution in [3.8, 4) is 5.75 Å². The van der Waals surface area contributed by atoms with Crippen molar-refractivity contribution in [3.63, 3.8) is 0 Å². The molecule has 0 atom stereocenters. The molecule has 1 aliphatic carbocycles. The molecular formula is C16H16N2O6. The number of nitrogens with zero attached hydrogens (tertiary/aromatic N) is 1. The van der Waals surface area contributed by atoms with Crippen molar-refractivity contribution >= 4 is 22.8 Å². The van der Waals surface area contributed by atoms with Gasteiger partial charge in [-0.05, 0) is 31.4 Å². The van der Waals surface area contributed by atoms with E-state index in [1.54, 1.807) is 24.3 Å². The standard InChI is InChI=1S/C16H16N2O6/c19-12(20)8-17-15(22)13-14(21)10-6-1-2-7-11(10)18(16(13)23)24-9-4-3-5-9/h1-2,6-7,9,21H,3-5,8H2,(H,17,22)(H,19,20). The molecular weight excluding hydrogens is 316 g/mol. The number of hydrogen-bond donors (Lipinski definition) is 3. The molecule has 1 aliphatic rings. The molecule has 0 aliphatic heterocycles. The smallest absolute Gasteiger partial charge is 0.322 e. The largest absolute Gasteiger partial charge is 0.506 e. The highest BCUT2D eigenvalue weighted by atomic mass is 16.7. The van der Waals surface area contributed by atoms with E-state index < -0.39 is 35.3 Å². The summed E-state index contributed by atoms with van der Waals surface area (Å²) in [4.78, 5) is 41.0. The van der Waals surface area contributed by atoms with Gasteiger partial charge in [0.25, 0.3) is 11.5 Å². The lowest BCUT2D eigenvalue weighted by Gasteiger charge is -2.27. The Hall–Kier alpha value is -3.03. The Bertz CT molecular complexity index is 869. The summed E-state index contributed by atoms with van der Waals surface area (Å²) in [6, 6.07) is 6.50. The third kappa shape index (κ3) is 2.78. The van der Waals surface area contributed by atoms with Crippen LogP contribution in [0.25, 0.3) is 10.9 Å². The predicted octanol–water partition coefficient (Wildman–Crippen LogP) is 0.503. The van der Waals surface area contributed by atoms with Crippen LogP contribution in [0, 0.1) is 0 Å². The number of para-hydroxylation sites is 1. The van der Waals surface area contributed by atoms with Gasteiger partial charge in [0.2, 0.25) is 0 Å². The third-order valence-corrected chi connectivity index (χ3v) is 3.95. The number of pyridine rings is 1. The highest BCUT2D eigenvalue weighted by Crippen LogP contribution is 2.27. The topological polar surface area (TPSA) is 118 Å². The molecule has 2 aromatic rings. The molecule has 1 aromatic heterocycles. The van der Waals surface area contributed by atoms with Gasteiger partial charge in [0.15, 0.2) is 5.56 Å². The average molecular weight is 332 g/mol. The summed E-state index contributed by atoms with van der Waals surface area (Å²) in [6.45, 7) is -0.659. The summed E-state index contributed by atoms with van der Waals surface area (Å²) in [5, 5.41) is 21.3. The van der Waals surface area contributed by atoms with E-state index in [9.17, 15) is 19.5 Å². The molecule has 1 amide bonds. The maximum Gasteiger partial charge on any atom is 0.322 e. The summed E-state index contributed by atoms with van der Waals surface area (Å²) in [5.74, 6) is -2.71. The van der Waals surface area contributed by atoms with E-state index >= 15 is 0 Å². The van der Waals surface area contributed by atoms with Crippen molar-refractivity contribution in [1.29, 1.82) is 0 Å². The van der Waals surface area contributed by atoms with Crippen molar-refractivity contribution in [2.45, 2.75) is 25.4 Å². The van der Waals surface area contributed by atoms with Crippen LogP contribution in [0.2, 0.25) is 0 Å². The predicted molar refractivity (Wildman–Crippen MR) is 84.1 cm³/mol. The molecule has 1 aromatic carbocycles. The number of rotatable bonds is 5. The van der Waals surface area contributed by atoms with E-state index in [0.29, 0.717) is 5.52 Å². The van der Waals surface area contributed by atoms with Crippen LogP contribution < -0.4 is 15.7 Å². The van der Waals surface area contributed by atoms with Crippen molar-refractivity contribution < 1.29 is 24.6 Å². The molecule has 24 heavy (non-hydrogen) atoms. The number of carboxylic acid groups (broad SMARTS) is 1. The lowest BCUT2D eigenvalue weighted by molar-refractivity contribution is -0.135. The fraction of sp³-hybridized carbons (Fsp3) is 0.312. The van der Waals surface area contributed by atoms with Gasteiger partial charge in [-0.1, -0.05) is 12.1 Å². The maximum absolute atomic E-state index is 12.6. The van der Waals surface area contributed by atoms with Gasteiger partial charge in [0.05, 0.1) is 5.52 Å². The summed E-state index contributed by atoms with van der Waals surface area (Å²) < 4.78 is 1.01. The van der Waals surface area contributed by atoms with Gasteiger partial charge < -0.3 is 20.4 Å². The molecule has 3 N–H and O–H groups in total. The summed E-state index contributed by atoms with van der Waals surface area (Å²) in [5.41, 5.74) is -1.00. The van der Waals surface area contributed by atoms with Crippen molar-refractivity contribution in [1.82, 2.24) is 10.0 Å². The van der Waals surface area contributed by atoms with E-state index in [0.717, 1.165) is 24.0 Å². The molecule has 0 unspecified atom stereocenters. The zero-order valence-electron chi connectivity index (χ0n) is 12.7. The van der Waals surface area contributed by atoms with Crippen LogP contribution in [0.1, 0.15) is 29.6 Å². The number of aromatic hydroxyl groups is 1.